The van der Waals surface area contributed by atoms with Gasteiger partial charge in [0.25, 0.3) is 0 Å². The smallest absolute Gasteiger partial charge is 0.349 e. The topological polar surface area (TPSA) is 94.9 Å². The molecule has 2 rings (SSSR count). The van der Waals surface area contributed by atoms with E-state index in [1.807, 2.05) is 30.3 Å². The van der Waals surface area contributed by atoms with Crippen molar-refractivity contribution in [2.75, 3.05) is 19.8 Å². The molecule has 2 aromatic rings. The molecule has 0 aliphatic carbocycles. The first-order valence-corrected chi connectivity index (χ1v) is 10.7. The molecule has 2 aromatic carbocycles. The molecule has 0 N–H and O–H groups in total. The van der Waals surface area contributed by atoms with Crippen LogP contribution < -0.4 is 14.2 Å². The van der Waals surface area contributed by atoms with Gasteiger partial charge in [0, 0.05) is 0 Å². The Morgan fingerprint density at radius 1 is 0.970 bits per heavy atom. The quantitative estimate of drug-likeness (QED) is 0.233. The minimum Gasteiger partial charge on any atom is -0.490 e. The molecule has 0 fully saturated rings. The maximum Gasteiger partial charge on any atom is 0.349 e. The molecule has 0 amide bonds. The van der Waals surface area contributed by atoms with Crippen LogP contribution in [-0.2, 0) is 19.7 Å². The van der Waals surface area contributed by atoms with E-state index in [2.05, 4.69) is 20.8 Å². The fourth-order valence-electron chi connectivity index (χ4n) is 2.82. The Bertz CT molecular complexity index is 1040. The molecule has 7 heteroatoms. The van der Waals surface area contributed by atoms with Crippen LogP contribution in [0.2, 0.25) is 0 Å². The maximum absolute atomic E-state index is 12.3. The van der Waals surface area contributed by atoms with Gasteiger partial charge in [-0.25, -0.2) is 9.59 Å². The molecule has 33 heavy (non-hydrogen) atoms. The number of rotatable bonds is 9. The van der Waals surface area contributed by atoms with Gasteiger partial charge < -0.3 is 18.9 Å². The monoisotopic (exact) mass is 451 g/mol. The summed E-state index contributed by atoms with van der Waals surface area (Å²) in [6.45, 7) is 10.0. The first kappa shape index (κ1) is 25.5. The molecule has 0 radical (unpaired) electrons. The molecule has 0 heterocycles. The van der Waals surface area contributed by atoms with Crippen molar-refractivity contribution >= 4 is 18.0 Å². The van der Waals surface area contributed by atoms with E-state index in [0.29, 0.717) is 23.7 Å². The van der Waals surface area contributed by atoms with Crippen molar-refractivity contribution in [2.24, 2.45) is 0 Å². The van der Waals surface area contributed by atoms with Gasteiger partial charge >= 0.3 is 11.9 Å². The Morgan fingerprint density at radius 2 is 1.67 bits per heavy atom. The van der Waals surface area contributed by atoms with E-state index in [4.69, 9.17) is 18.9 Å². The van der Waals surface area contributed by atoms with Gasteiger partial charge in [-0.15, -0.1) is 0 Å². The van der Waals surface area contributed by atoms with Gasteiger partial charge in [-0.05, 0) is 60.7 Å². The van der Waals surface area contributed by atoms with E-state index < -0.39 is 11.9 Å². The van der Waals surface area contributed by atoms with Gasteiger partial charge in [-0.1, -0.05) is 39.0 Å². The summed E-state index contributed by atoms with van der Waals surface area (Å²) in [6, 6.07) is 14.1. The van der Waals surface area contributed by atoms with Crippen LogP contribution in [0.25, 0.3) is 6.08 Å². The van der Waals surface area contributed by atoms with Gasteiger partial charge in [-0.3, -0.25) is 0 Å². The normalized spacial score (nSPS) is 11.3. The number of nitriles is 1. The summed E-state index contributed by atoms with van der Waals surface area (Å²) in [5.41, 5.74) is 1.57. The van der Waals surface area contributed by atoms with Crippen LogP contribution >= 0.6 is 0 Å². The van der Waals surface area contributed by atoms with E-state index in [9.17, 15) is 14.9 Å². The third-order valence-corrected chi connectivity index (χ3v) is 4.50. The van der Waals surface area contributed by atoms with Crippen LogP contribution in [0.5, 0.6) is 17.2 Å². The molecule has 0 aromatic heterocycles. The predicted molar refractivity (Wildman–Crippen MR) is 124 cm³/mol. The summed E-state index contributed by atoms with van der Waals surface area (Å²) in [6.07, 6.45) is 1.39. The van der Waals surface area contributed by atoms with E-state index in [0.717, 1.165) is 5.56 Å². The molecular formula is C26H29NO6. The van der Waals surface area contributed by atoms with Gasteiger partial charge in [0.1, 0.15) is 17.4 Å². The van der Waals surface area contributed by atoms with Crippen LogP contribution in [0.3, 0.4) is 0 Å². The average Bonchev–Trinajstić information content (AvgIpc) is 2.77. The Hall–Kier alpha value is -3.79. The predicted octanol–water partition coefficient (Wildman–Crippen LogP) is 4.84. The van der Waals surface area contributed by atoms with Crippen molar-refractivity contribution in [3.8, 4) is 23.3 Å². The highest BCUT2D eigenvalue weighted by molar-refractivity contribution is 5.98. The summed E-state index contributed by atoms with van der Waals surface area (Å²) in [5, 5.41) is 9.20. The second kappa shape index (κ2) is 11.7. The van der Waals surface area contributed by atoms with E-state index in [1.54, 1.807) is 26.0 Å². The fraction of sp³-hybridized carbons (Fsp3) is 0.346. The highest BCUT2D eigenvalue weighted by Crippen LogP contribution is 2.30. The summed E-state index contributed by atoms with van der Waals surface area (Å²) in [5.74, 6) is -0.228. The zero-order chi connectivity index (χ0) is 24.4. The van der Waals surface area contributed by atoms with Crippen molar-refractivity contribution in [1.29, 1.82) is 5.26 Å². The number of benzene rings is 2. The highest BCUT2D eigenvalue weighted by Gasteiger charge is 2.15. The molecule has 0 aliphatic rings. The summed E-state index contributed by atoms with van der Waals surface area (Å²) >= 11 is 0. The Kier molecular flexibility index (Phi) is 9.05. The highest BCUT2D eigenvalue weighted by atomic mass is 16.6. The van der Waals surface area contributed by atoms with Crippen molar-refractivity contribution < 1.29 is 28.5 Å². The largest absolute Gasteiger partial charge is 0.490 e. The van der Waals surface area contributed by atoms with Gasteiger partial charge in [0.15, 0.2) is 18.1 Å². The van der Waals surface area contributed by atoms with Crippen LogP contribution in [0.15, 0.2) is 48.0 Å². The molecule has 0 spiro atoms. The molecule has 0 saturated carbocycles. The number of ether oxygens (including phenoxy) is 4. The first-order chi connectivity index (χ1) is 15.7. The average molecular weight is 452 g/mol. The number of hydrogen-bond acceptors (Lipinski definition) is 7. The molecule has 7 nitrogen and oxygen atoms in total. The number of carbonyl (C=O) groups is 2. The van der Waals surface area contributed by atoms with Crippen LogP contribution in [0.1, 0.15) is 45.7 Å². The van der Waals surface area contributed by atoms with E-state index >= 15 is 0 Å². The van der Waals surface area contributed by atoms with E-state index in [-0.39, 0.29) is 30.0 Å². The lowest BCUT2D eigenvalue weighted by Crippen LogP contribution is -2.18. The number of nitrogens with zero attached hydrogens (tertiary/aromatic N) is 1. The standard InChI is InChI=1S/C26H29NO6/c1-6-30-23-15-18(14-19(16-27)25(29)31-7-2)8-13-22(23)33-24(28)17-32-21-11-9-20(10-12-21)26(3,4)5/h8-15H,6-7,17H2,1-5H3/b19-14+. The molecule has 174 valence electrons. The van der Waals surface area contributed by atoms with Crippen LogP contribution in [-0.4, -0.2) is 31.8 Å². The zero-order valence-corrected chi connectivity index (χ0v) is 19.6. The number of carbonyl (C=O) groups excluding carboxylic acids is 2. The Labute approximate surface area is 194 Å². The molecule has 0 aliphatic heterocycles. The van der Waals surface area contributed by atoms with Crippen LogP contribution in [0, 0.1) is 11.3 Å². The minimum absolute atomic E-state index is 0.0266. The summed E-state index contributed by atoms with van der Waals surface area (Å²) in [4.78, 5) is 24.2. The number of esters is 2. The lowest BCUT2D eigenvalue weighted by Gasteiger charge is -2.19. The molecule has 0 bridgehead atoms. The number of hydrogen-bond donors (Lipinski definition) is 0. The van der Waals surface area contributed by atoms with Crippen molar-refractivity contribution in [1.82, 2.24) is 0 Å². The minimum atomic E-state index is -0.707. The van der Waals surface area contributed by atoms with Crippen molar-refractivity contribution in [2.45, 2.75) is 40.0 Å². The van der Waals surface area contributed by atoms with Gasteiger partial charge in [-0.2, -0.15) is 5.26 Å². The maximum atomic E-state index is 12.3. The first-order valence-electron chi connectivity index (χ1n) is 10.7. The third-order valence-electron chi connectivity index (χ3n) is 4.50. The third kappa shape index (κ3) is 7.69. The molecule has 0 saturated heterocycles. The van der Waals surface area contributed by atoms with Gasteiger partial charge in [0.05, 0.1) is 13.2 Å². The Balaban J connectivity index is 2.09. The molecular weight excluding hydrogens is 422 g/mol. The van der Waals surface area contributed by atoms with Gasteiger partial charge in [0.2, 0.25) is 0 Å². The van der Waals surface area contributed by atoms with E-state index in [1.165, 1.54) is 12.1 Å². The molecule has 0 atom stereocenters. The Morgan fingerprint density at radius 3 is 2.24 bits per heavy atom. The fourth-order valence-corrected chi connectivity index (χ4v) is 2.82. The lowest BCUT2D eigenvalue weighted by molar-refractivity contribution is -0.138. The second-order valence-corrected chi connectivity index (χ2v) is 8.07. The van der Waals surface area contributed by atoms with Crippen molar-refractivity contribution in [3.63, 3.8) is 0 Å². The summed E-state index contributed by atoms with van der Waals surface area (Å²) in [7, 11) is 0. The SMILES string of the molecule is CCOC(=O)/C(C#N)=C/c1ccc(OC(=O)COc2ccc(C(C)(C)C)cc2)c(OCC)c1. The van der Waals surface area contributed by atoms with Crippen LogP contribution in [0.4, 0.5) is 0 Å². The summed E-state index contributed by atoms with van der Waals surface area (Å²) < 4.78 is 21.4. The molecule has 0 unspecified atom stereocenters. The zero-order valence-electron chi connectivity index (χ0n) is 19.6. The lowest BCUT2D eigenvalue weighted by atomic mass is 9.87. The van der Waals surface area contributed by atoms with Crippen molar-refractivity contribution in [3.05, 3.63) is 59.2 Å². The second-order valence-electron chi connectivity index (χ2n) is 8.07.